The summed E-state index contributed by atoms with van der Waals surface area (Å²) in [6.07, 6.45) is 5.21. The van der Waals surface area contributed by atoms with E-state index in [1.807, 2.05) is 18.2 Å². The lowest BCUT2D eigenvalue weighted by atomic mass is 10.1. The van der Waals surface area contributed by atoms with Crippen LogP contribution in [0.2, 0.25) is 0 Å². The maximum absolute atomic E-state index is 12.3. The number of ether oxygens (including phenoxy) is 4. The third-order valence-electron chi connectivity index (χ3n) is 4.57. The lowest BCUT2D eigenvalue weighted by Crippen LogP contribution is -2.26. The maximum Gasteiger partial charge on any atom is 0.261 e. The first kappa shape index (κ1) is 24.2. The Kier molecular flexibility index (Phi) is 8.99. The normalized spacial score (nSPS) is 11.0. The van der Waals surface area contributed by atoms with Gasteiger partial charge in [0, 0.05) is 6.54 Å². The van der Waals surface area contributed by atoms with Gasteiger partial charge in [0.1, 0.15) is 11.6 Å². The van der Waals surface area contributed by atoms with Gasteiger partial charge in [-0.15, -0.1) is 0 Å². The van der Waals surface area contributed by atoms with E-state index in [0.717, 1.165) is 5.56 Å². The van der Waals surface area contributed by atoms with Gasteiger partial charge in [-0.25, -0.2) is 0 Å². The topological polar surface area (TPSA) is 110 Å². The second kappa shape index (κ2) is 11.9. The van der Waals surface area contributed by atoms with Crippen LogP contribution in [0.4, 0.5) is 0 Å². The van der Waals surface area contributed by atoms with Crippen LogP contribution in [0.1, 0.15) is 11.1 Å². The molecule has 0 atom stereocenters. The highest BCUT2D eigenvalue weighted by Gasteiger charge is 2.11. The van der Waals surface area contributed by atoms with Gasteiger partial charge in [-0.1, -0.05) is 18.2 Å². The smallest absolute Gasteiger partial charge is 0.261 e. The first-order valence-corrected chi connectivity index (χ1v) is 9.69. The number of hydrogen-bond acceptors (Lipinski definition) is 7. The predicted molar refractivity (Wildman–Crippen MR) is 120 cm³/mol. The molecule has 0 radical (unpaired) electrons. The molecule has 0 heterocycles. The van der Waals surface area contributed by atoms with E-state index in [4.69, 9.17) is 18.9 Å². The van der Waals surface area contributed by atoms with E-state index >= 15 is 0 Å². The Morgan fingerprint density at radius 1 is 1.00 bits per heavy atom. The van der Waals surface area contributed by atoms with Crippen molar-refractivity contribution in [1.29, 1.82) is 5.26 Å². The largest absolute Gasteiger partial charge is 0.502 e. The summed E-state index contributed by atoms with van der Waals surface area (Å²) < 4.78 is 20.7. The summed E-state index contributed by atoms with van der Waals surface area (Å²) in [7, 11) is 5.99. The number of nitrogens with zero attached hydrogens (tertiary/aromatic N) is 1. The van der Waals surface area contributed by atoms with Crippen molar-refractivity contribution in [1.82, 2.24) is 5.32 Å². The van der Waals surface area contributed by atoms with Crippen LogP contribution in [-0.4, -0.2) is 46.0 Å². The van der Waals surface area contributed by atoms with Gasteiger partial charge in [0.05, 0.1) is 28.4 Å². The Bertz CT molecular complexity index is 1030. The van der Waals surface area contributed by atoms with E-state index in [1.54, 1.807) is 44.6 Å². The van der Waals surface area contributed by atoms with Gasteiger partial charge >= 0.3 is 0 Å². The van der Waals surface area contributed by atoms with Crippen molar-refractivity contribution in [2.75, 3.05) is 35.0 Å². The number of methoxy groups -OCH3 is 4. The predicted octanol–water partition coefficient (Wildman–Crippen LogP) is 3.25. The van der Waals surface area contributed by atoms with E-state index in [2.05, 4.69) is 5.32 Å². The average Bonchev–Trinajstić information content (AvgIpc) is 2.82. The summed E-state index contributed by atoms with van der Waals surface area (Å²) >= 11 is 0. The van der Waals surface area contributed by atoms with Crippen LogP contribution in [0.15, 0.2) is 48.1 Å². The van der Waals surface area contributed by atoms with Gasteiger partial charge in [-0.05, 0) is 47.9 Å². The maximum atomic E-state index is 12.3. The molecule has 0 aliphatic rings. The van der Waals surface area contributed by atoms with E-state index in [0.29, 0.717) is 30.0 Å². The summed E-state index contributed by atoms with van der Waals surface area (Å²) in [5.41, 5.74) is 1.59. The van der Waals surface area contributed by atoms with Crippen LogP contribution >= 0.6 is 0 Å². The molecule has 0 bridgehead atoms. The van der Waals surface area contributed by atoms with Gasteiger partial charge in [0.2, 0.25) is 5.75 Å². The van der Waals surface area contributed by atoms with Gasteiger partial charge < -0.3 is 29.4 Å². The Hall–Kier alpha value is -4.12. The summed E-state index contributed by atoms with van der Waals surface area (Å²) in [5, 5.41) is 22.0. The van der Waals surface area contributed by atoms with Crippen LogP contribution in [-0.2, 0) is 11.2 Å². The molecule has 0 spiro atoms. The Morgan fingerprint density at radius 3 is 2.19 bits per heavy atom. The van der Waals surface area contributed by atoms with Gasteiger partial charge in [0.15, 0.2) is 23.0 Å². The number of aromatic hydroxyl groups is 1. The molecule has 0 aliphatic heterocycles. The number of phenols is 1. The molecule has 2 aromatic rings. The summed E-state index contributed by atoms with van der Waals surface area (Å²) in [4.78, 5) is 12.3. The minimum Gasteiger partial charge on any atom is -0.502 e. The SMILES string of the molecule is COc1ccc(CCNC(=O)/C(C#N)=C/C=C/c2cc(OC)c(O)c(OC)c2)cc1OC. The summed E-state index contributed by atoms with van der Waals surface area (Å²) in [6, 6.07) is 10.6. The lowest BCUT2D eigenvalue weighted by molar-refractivity contribution is -0.117. The summed E-state index contributed by atoms with van der Waals surface area (Å²) in [6.45, 7) is 0.351. The van der Waals surface area contributed by atoms with Crippen LogP contribution in [0.25, 0.3) is 6.08 Å². The number of benzene rings is 2. The van der Waals surface area contributed by atoms with Crippen LogP contribution in [0.3, 0.4) is 0 Å². The van der Waals surface area contributed by atoms with Crippen molar-refractivity contribution in [3.8, 4) is 34.8 Å². The minimum absolute atomic E-state index is 0.0359. The first-order chi connectivity index (χ1) is 15.5. The molecular weight excluding hydrogens is 412 g/mol. The van der Waals surface area contributed by atoms with Crippen molar-refractivity contribution in [2.24, 2.45) is 0 Å². The molecule has 2 N–H and O–H groups in total. The molecule has 0 saturated heterocycles. The van der Waals surface area contributed by atoms with Crippen LogP contribution in [0.5, 0.6) is 28.7 Å². The van der Waals surface area contributed by atoms with Crippen molar-refractivity contribution in [2.45, 2.75) is 6.42 Å². The zero-order valence-corrected chi connectivity index (χ0v) is 18.5. The standard InChI is InChI=1S/C24H26N2O6/c1-29-19-9-8-16(12-20(19)30-2)10-11-26-24(28)18(15-25)7-5-6-17-13-21(31-3)23(27)22(14-17)32-4/h5-9,12-14,27H,10-11H2,1-4H3,(H,26,28)/b6-5+,18-7+. The highest BCUT2D eigenvalue weighted by atomic mass is 16.5. The fraction of sp³-hybridized carbons (Fsp3) is 0.250. The van der Waals surface area contributed by atoms with Crippen molar-refractivity contribution in [3.63, 3.8) is 0 Å². The van der Waals surface area contributed by atoms with Crippen LogP contribution in [0, 0.1) is 11.3 Å². The van der Waals surface area contributed by atoms with Crippen molar-refractivity contribution in [3.05, 3.63) is 59.2 Å². The molecule has 168 valence electrons. The number of hydrogen-bond donors (Lipinski definition) is 2. The number of nitriles is 1. The third kappa shape index (κ3) is 6.19. The van der Waals surface area contributed by atoms with Crippen LogP contribution < -0.4 is 24.3 Å². The molecule has 0 aliphatic carbocycles. The number of allylic oxidation sites excluding steroid dienone is 2. The second-order valence-corrected chi connectivity index (χ2v) is 6.52. The Balaban J connectivity index is 2.01. The fourth-order valence-corrected chi connectivity index (χ4v) is 2.88. The molecule has 8 heteroatoms. The zero-order chi connectivity index (χ0) is 23.5. The minimum atomic E-state index is -0.474. The second-order valence-electron chi connectivity index (χ2n) is 6.52. The molecule has 0 fully saturated rings. The molecule has 32 heavy (non-hydrogen) atoms. The molecule has 2 aromatic carbocycles. The lowest BCUT2D eigenvalue weighted by Gasteiger charge is -2.10. The molecule has 0 unspecified atom stereocenters. The summed E-state index contributed by atoms with van der Waals surface area (Å²) in [5.74, 6) is 1.17. The Labute approximate surface area is 187 Å². The van der Waals surface area contributed by atoms with E-state index in [1.165, 1.54) is 20.3 Å². The number of carbonyl (C=O) groups is 1. The average molecular weight is 438 g/mol. The number of rotatable bonds is 10. The van der Waals surface area contributed by atoms with Gasteiger partial charge in [0.25, 0.3) is 5.91 Å². The van der Waals surface area contributed by atoms with Gasteiger partial charge in [-0.2, -0.15) is 5.26 Å². The first-order valence-electron chi connectivity index (χ1n) is 9.69. The number of carbonyl (C=O) groups excluding carboxylic acids is 1. The van der Waals surface area contributed by atoms with Gasteiger partial charge in [-0.3, -0.25) is 4.79 Å². The molecular formula is C24H26N2O6. The quantitative estimate of drug-likeness (QED) is 0.333. The number of phenolic OH excluding ortho intramolecular Hbond substituents is 1. The van der Waals surface area contributed by atoms with Crippen molar-refractivity contribution < 1.29 is 28.8 Å². The van der Waals surface area contributed by atoms with Crippen molar-refractivity contribution >= 4 is 12.0 Å². The Morgan fingerprint density at radius 2 is 1.62 bits per heavy atom. The monoisotopic (exact) mass is 438 g/mol. The highest BCUT2D eigenvalue weighted by molar-refractivity contribution is 5.97. The fourth-order valence-electron chi connectivity index (χ4n) is 2.88. The molecule has 1 amide bonds. The van der Waals surface area contributed by atoms with E-state index in [9.17, 15) is 15.2 Å². The van der Waals surface area contributed by atoms with E-state index < -0.39 is 5.91 Å². The zero-order valence-electron chi connectivity index (χ0n) is 18.5. The highest BCUT2D eigenvalue weighted by Crippen LogP contribution is 2.37. The number of nitrogens with one attached hydrogen (secondary N) is 1. The third-order valence-corrected chi connectivity index (χ3v) is 4.57. The van der Waals surface area contributed by atoms with E-state index in [-0.39, 0.29) is 22.8 Å². The molecule has 8 nitrogen and oxygen atoms in total. The molecule has 0 saturated carbocycles. The molecule has 2 rings (SSSR count). The number of amides is 1. The molecule has 0 aromatic heterocycles.